The fourth-order valence-corrected chi connectivity index (χ4v) is 3.21. The van der Waals surface area contributed by atoms with Crippen LogP contribution < -0.4 is 0 Å². The lowest BCUT2D eigenvalue weighted by atomic mass is 10.1. The molecule has 7 nitrogen and oxygen atoms in total. The summed E-state index contributed by atoms with van der Waals surface area (Å²) < 4.78 is 6.96. The van der Waals surface area contributed by atoms with Gasteiger partial charge in [0, 0.05) is 55.9 Å². The molecule has 1 saturated heterocycles. The molecule has 2 amide bonds. The molecule has 1 aliphatic rings. The molecule has 0 saturated carbocycles. The first-order valence-corrected chi connectivity index (χ1v) is 8.87. The summed E-state index contributed by atoms with van der Waals surface area (Å²) in [5.74, 6) is 0.434. The number of carbonyl (C=O) groups is 2. The van der Waals surface area contributed by atoms with Gasteiger partial charge in [-0.1, -0.05) is 5.16 Å². The second-order valence-electron chi connectivity index (χ2n) is 6.54. The quantitative estimate of drug-likeness (QED) is 0.715. The van der Waals surface area contributed by atoms with Crippen LogP contribution in [0.5, 0.6) is 0 Å². The lowest BCUT2D eigenvalue weighted by Gasteiger charge is -2.34. The number of nitrogens with zero attached hydrogens (tertiary/aromatic N) is 4. The Labute approximate surface area is 156 Å². The minimum atomic E-state index is -0.157. The van der Waals surface area contributed by atoms with Crippen molar-refractivity contribution in [3.63, 3.8) is 0 Å². The Hall–Kier alpha value is -3.35. The van der Waals surface area contributed by atoms with E-state index in [0.29, 0.717) is 43.2 Å². The van der Waals surface area contributed by atoms with E-state index in [1.165, 1.54) is 0 Å². The zero-order chi connectivity index (χ0) is 18.8. The van der Waals surface area contributed by atoms with E-state index in [-0.39, 0.29) is 11.8 Å². The second-order valence-corrected chi connectivity index (χ2v) is 6.54. The number of piperazine rings is 1. The highest BCUT2D eigenvalue weighted by atomic mass is 16.5. The third kappa shape index (κ3) is 3.48. The topological polar surface area (TPSA) is 71.6 Å². The molecule has 0 bridgehead atoms. The lowest BCUT2D eigenvalue weighted by molar-refractivity contribution is 0.0530. The van der Waals surface area contributed by atoms with Crippen molar-refractivity contribution in [2.24, 2.45) is 0 Å². The van der Waals surface area contributed by atoms with Gasteiger partial charge in [0.05, 0.1) is 0 Å². The minimum absolute atomic E-state index is 0.0153. The molecule has 3 aromatic rings. The zero-order valence-electron chi connectivity index (χ0n) is 15.0. The van der Waals surface area contributed by atoms with Crippen LogP contribution in [0.15, 0.2) is 59.4 Å². The van der Waals surface area contributed by atoms with Crippen molar-refractivity contribution >= 4 is 11.8 Å². The molecule has 0 unspecified atom stereocenters. The standard InChI is InChI=1S/C20H20N4O3/c1-15-14-18(21-27-15)20(26)24-12-10-23(11-13-24)19(25)16-4-6-17(7-5-16)22-8-2-3-9-22/h2-9,14H,10-13H2,1H3. The van der Waals surface area contributed by atoms with Crippen molar-refractivity contribution in [1.29, 1.82) is 0 Å². The second kappa shape index (κ2) is 7.11. The normalized spacial score (nSPS) is 14.4. The molecule has 0 N–H and O–H groups in total. The summed E-state index contributed by atoms with van der Waals surface area (Å²) >= 11 is 0. The number of benzene rings is 1. The Morgan fingerprint density at radius 3 is 2.07 bits per heavy atom. The highest BCUT2D eigenvalue weighted by Gasteiger charge is 2.26. The fourth-order valence-electron chi connectivity index (χ4n) is 3.21. The van der Waals surface area contributed by atoms with E-state index in [1.807, 2.05) is 53.4 Å². The highest BCUT2D eigenvalue weighted by Crippen LogP contribution is 2.14. The van der Waals surface area contributed by atoms with E-state index < -0.39 is 0 Å². The molecule has 0 atom stereocenters. The van der Waals surface area contributed by atoms with Gasteiger partial charge in [-0.2, -0.15) is 0 Å². The van der Waals surface area contributed by atoms with Crippen molar-refractivity contribution in [3.8, 4) is 5.69 Å². The largest absolute Gasteiger partial charge is 0.361 e. The summed E-state index contributed by atoms with van der Waals surface area (Å²) in [4.78, 5) is 28.6. The van der Waals surface area contributed by atoms with Crippen LogP contribution in [0.2, 0.25) is 0 Å². The molecule has 3 heterocycles. The van der Waals surface area contributed by atoms with Gasteiger partial charge in [0.15, 0.2) is 5.69 Å². The number of carbonyl (C=O) groups excluding carboxylic acids is 2. The third-order valence-corrected chi connectivity index (χ3v) is 4.72. The molecule has 27 heavy (non-hydrogen) atoms. The third-order valence-electron chi connectivity index (χ3n) is 4.72. The average molecular weight is 364 g/mol. The monoisotopic (exact) mass is 364 g/mol. The Balaban J connectivity index is 1.38. The first-order valence-electron chi connectivity index (χ1n) is 8.87. The molecule has 0 spiro atoms. The smallest absolute Gasteiger partial charge is 0.276 e. The van der Waals surface area contributed by atoms with E-state index in [1.54, 1.807) is 22.8 Å². The summed E-state index contributed by atoms with van der Waals surface area (Å²) in [6.45, 7) is 3.72. The summed E-state index contributed by atoms with van der Waals surface area (Å²) in [6, 6.07) is 13.1. The van der Waals surface area contributed by atoms with Gasteiger partial charge in [0.1, 0.15) is 5.76 Å². The molecule has 0 radical (unpaired) electrons. The fraction of sp³-hybridized carbons (Fsp3) is 0.250. The van der Waals surface area contributed by atoms with E-state index in [9.17, 15) is 9.59 Å². The first-order chi connectivity index (χ1) is 13.1. The van der Waals surface area contributed by atoms with Gasteiger partial charge in [-0.3, -0.25) is 9.59 Å². The van der Waals surface area contributed by atoms with Crippen LogP contribution in [0.1, 0.15) is 26.6 Å². The van der Waals surface area contributed by atoms with Gasteiger partial charge in [-0.25, -0.2) is 0 Å². The van der Waals surface area contributed by atoms with Gasteiger partial charge < -0.3 is 18.9 Å². The molecule has 1 aromatic carbocycles. The molecule has 0 aliphatic carbocycles. The van der Waals surface area contributed by atoms with E-state index in [4.69, 9.17) is 4.52 Å². The zero-order valence-corrected chi connectivity index (χ0v) is 15.0. The molecule has 7 heteroatoms. The number of rotatable bonds is 3. The molecule has 1 aliphatic heterocycles. The van der Waals surface area contributed by atoms with Gasteiger partial charge in [0.2, 0.25) is 0 Å². The Kier molecular flexibility index (Phi) is 4.50. The van der Waals surface area contributed by atoms with E-state index in [0.717, 1.165) is 5.69 Å². The van der Waals surface area contributed by atoms with Crippen molar-refractivity contribution in [2.45, 2.75) is 6.92 Å². The predicted molar refractivity (Wildman–Crippen MR) is 98.8 cm³/mol. The number of hydrogen-bond donors (Lipinski definition) is 0. The van der Waals surface area contributed by atoms with Crippen molar-refractivity contribution in [2.75, 3.05) is 26.2 Å². The minimum Gasteiger partial charge on any atom is -0.361 e. The van der Waals surface area contributed by atoms with Crippen LogP contribution in [0.3, 0.4) is 0 Å². The maximum Gasteiger partial charge on any atom is 0.276 e. The van der Waals surface area contributed by atoms with Crippen LogP contribution in [0.4, 0.5) is 0 Å². The molecule has 4 rings (SSSR count). The molecular formula is C20H20N4O3. The van der Waals surface area contributed by atoms with Gasteiger partial charge in [0.25, 0.3) is 11.8 Å². The van der Waals surface area contributed by atoms with Gasteiger partial charge in [-0.15, -0.1) is 0 Å². The van der Waals surface area contributed by atoms with Crippen molar-refractivity contribution in [1.82, 2.24) is 19.5 Å². The first kappa shape index (κ1) is 17.1. The van der Waals surface area contributed by atoms with Crippen LogP contribution in [0.25, 0.3) is 5.69 Å². The lowest BCUT2D eigenvalue weighted by Crippen LogP contribution is -2.50. The number of amides is 2. The van der Waals surface area contributed by atoms with Crippen LogP contribution >= 0.6 is 0 Å². The summed E-state index contributed by atoms with van der Waals surface area (Å²) in [7, 11) is 0. The molecule has 1 fully saturated rings. The van der Waals surface area contributed by atoms with E-state index in [2.05, 4.69) is 5.16 Å². The number of hydrogen-bond acceptors (Lipinski definition) is 4. The summed E-state index contributed by atoms with van der Waals surface area (Å²) in [5.41, 5.74) is 1.97. The van der Waals surface area contributed by atoms with Crippen molar-refractivity contribution < 1.29 is 14.1 Å². The van der Waals surface area contributed by atoms with Crippen LogP contribution in [0, 0.1) is 6.92 Å². The Morgan fingerprint density at radius 1 is 0.926 bits per heavy atom. The average Bonchev–Trinajstić information content (AvgIpc) is 3.39. The Bertz CT molecular complexity index is 936. The highest BCUT2D eigenvalue weighted by molar-refractivity contribution is 5.95. The molecule has 2 aromatic heterocycles. The maximum absolute atomic E-state index is 12.7. The SMILES string of the molecule is Cc1cc(C(=O)N2CCN(C(=O)c3ccc(-n4cccc4)cc3)CC2)no1. The number of aromatic nitrogens is 2. The van der Waals surface area contributed by atoms with E-state index >= 15 is 0 Å². The van der Waals surface area contributed by atoms with Crippen molar-refractivity contribution in [3.05, 3.63) is 71.9 Å². The maximum atomic E-state index is 12.7. The summed E-state index contributed by atoms with van der Waals surface area (Å²) in [5, 5.41) is 3.77. The van der Waals surface area contributed by atoms with Gasteiger partial charge >= 0.3 is 0 Å². The summed E-state index contributed by atoms with van der Waals surface area (Å²) in [6.07, 6.45) is 3.92. The van der Waals surface area contributed by atoms with Crippen LogP contribution in [-0.2, 0) is 0 Å². The molecular weight excluding hydrogens is 344 g/mol. The van der Waals surface area contributed by atoms with Gasteiger partial charge in [-0.05, 0) is 43.3 Å². The predicted octanol–water partition coefficient (Wildman–Crippen LogP) is 2.37. The number of aryl methyl sites for hydroxylation is 1. The Morgan fingerprint density at radius 2 is 1.52 bits per heavy atom. The van der Waals surface area contributed by atoms with Crippen LogP contribution in [-0.4, -0.2) is 57.5 Å². The molecule has 138 valence electrons.